The van der Waals surface area contributed by atoms with Crippen molar-refractivity contribution in [3.05, 3.63) is 89.5 Å². The summed E-state index contributed by atoms with van der Waals surface area (Å²) in [7, 11) is 1.56. The normalized spacial score (nSPS) is 14.0. The van der Waals surface area contributed by atoms with Crippen LogP contribution in [0.4, 0.5) is 4.79 Å². The summed E-state index contributed by atoms with van der Waals surface area (Å²) in [5.41, 5.74) is 5.23. The van der Waals surface area contributed by atoms with Gasteiger partial charge in [-0.05, 0) is 53.8 Å². The summed E-state index contributed by atoms with van der Waals surface area (Å²) in [6, 6.07) is 21.8. The monoisotopic (exact) mass is 445 g/mol. The first kappa shape index (κ1) is 22.4. The van der Waals surface area contributed by atoms with E-state index in [0.717, 1.165) is 27.8 Å². The maximum absolute atomic E-state index is 13.2. The van der Waals surface area contributed by atoms with Gasteiger partial charge >= 0.3 is 12.1 Å². The zero-order valence-electron chi connectivity index (χ0n) is 18.9. The Bertz CT molecular complexity index is 1130. The number of benzene rings is 3. The van der Waals surface area contributed by atoms with Gasteiger partial charge in [0.2, 0.25) is 0 Å². The van der Waals surface area contributed by atoms with Crippen LogP contribution in [0.5, 0.6) is 5.75 Å². The number of carboxylic acid groups (broad SMARTS) is 1. The van der Waals surface area contributed by atoms with Crippen molar-refractivity contribution in [2.45, 2.75) is 31.8 Å². The number of nitrogens with zero attached hydrogens (tertiary/aromatic N) is 1. The average Bonchev–Trinajstić information content (AvgIpc) is 3.16. The van der Waals surface area contributed by atoms with Crippen LogP contribution in [-0.4, -0.2) is 41.8 Å². The highest BCUT2D eigenvalue weighted by Crippen LogP contribution is 2.44. The lowest BCUT2D eigenvalue weighted by Crippen LogP contribution is -2.45. The van der Waals surface area contributed by atoms with Gasteiger partial charge in [-0.1, -0.05) is 60.7 Å². The Morgan fingerprint density at radius 3 is 2.12 bits per heavy atom. The SMILES string of the molecule is COc1cccc(C(C)N(C(=O)OCC2c3ccccc3-c3ccccc32)C(C)C(=O)O)c1. The van der Waals surface area contributed by atoms with Gasteiger partial charge < -0.3 is 14.6 Å². The number of fused-ring (bicyclic) bond motifs is 3. The van der Waals surface area contributed by atoms with Crippen LogP contribution in [0, 0.1) is 0 Å². The van der Waals surface area contributed by atoms with Gasteiger partial charge in [0.25, 0.3) is 0 Å². The molecule has 1 N–H and O–H groups in total. The van der Waals surface area contributed by atoms with Crippen molar-refractivity contribution in [3.8, 4) is 16.9 Å². The van der Waals surface area contributed by atoms with Crippen molar-refractivity contribution in [1.29, 1.82) is 0 Å². The first-order valence-corrected chi connectivity index (χ1v) is 10.9. The van der Waals surface area contributed by atoms with Crippen molar-refractivity contribution < 1.29 is 24.2 Å². The molecule has 0 saturated heterocycles. The number of methoxy groups -OCH3 is 1. The van der Waals surface area contributed by atoms with Gasteiger partial charge in [0, 0.05) is 5.92 Å². The second-order valence-electron chi connectivity index (χ2n) is 8.18. The highest BCUT2D eigenvalue weighted by Gasteiger charge is 2.34. The first-order valence-electron chi connectivity index (χ1n) is 10.9. The van der Waals surface area contributed by atoms with Gasteiger partial charge in [0.1, 0.15) is 18.4 Å². The average molecular weight is 446 g/mol. The molecular formula is C27H27NO5. The Balaban J connectivity index is 1.58. The molecule has 33 heavy (non-hydrogen) atoms. The van der Waals surface area contributed by atoms with Gasteiger partial charge in [-0.2, -0.15) is 0 Å². The van der Waals surface area contributed by atoms with Crippen LogP contribution in [0.1, 0.15) is 42.5 Å². The predicted octanol–water partition coefficient (Wildman–Crippen LogP) is 5.48. The van der Waals surface area contributed by atoms with Crippen LogP contribution in [0.3, 0.4) is 0 Å². The van der Waals surface area contributed by atoms with Crippen molar-refractivity contribution in [1.82, 2.24) is 4.90 Å². The minimum atomic E-state index is -1.10. The Morgan fingerprint density at radius 2 is 1.55 bits per heavy atom. The van der Waals surface area contributed by atoms with Crippen LogP contribution < -0.4 is 4.74 Å². The molecule has 3 aromatic rings. The predicted molar refractivity (Wildman–Crippen MR) is 125 cm³/mol. The molecule has 3 aromatic carbocycles. The molecule has 1 aliphatic carbocycles. The lowest BCUT2D eigenvalue weighted by atomic mass is 9.98. The lowest BCUT2D eigenvalue weighted by Gasteiger charge is -2.32. The molecule has 4 rings (SSSR count). The van der Waals surface area contributed by atoms with E-state index in [1.54, 1.807) is 26.2 Å². The number of aliphatic carboxylic acids is 1. The maximum atomic E-state index is 13.2. The van der Waals surface area contributed by atoms with E-state index in [2.05, 4.69) is 12.1 Å². The van der Waals surface area contributed by atoms with Crippen LogP contribution >= 0.6 is 0 Å². The van der Waals surface area contributed by atoms with E-state index < -0.39 is 24.1 Å². The molecule has 1 amide bonds. The van der Waals surface area contributed by atoms with Crippen molar-refractivity contribution >= 4 is 12.1 Å². The molecule has 0 aliphatic heterocycles. The molecule has 0 aromatic heterocycles. The minimum Gasteiger partial charge on any atom is -0.497 e. The number of ether oxygens (including phenoxy) is 2. The quantitative estimate of drug-likeness (QED) is 0.521. The molecule has 1 aliphatic rings. The highest BCUT2D eigenvalue weighted by atomic mass is 16.6. The Hall–Kier alpha value is -3.80. The van der Waals surface area contributed by atoms with Gasteiger partial charge in [-0.3, -0.25) is 4.90 Å². The summed E-state index contributed by atoms with van der Waals surface area (Å²) < 4.78 is 11.0. The zero-order valence-corrected chi connectivity index (χ0v) is 18.9. The van der Waals surface area contributed by atoms with Gasteiger partial charge in [-0.15, -0.1) is 0 Å². The number of amides is 1. The summed E-state index contributed by atoms with van der Waals surface area (Å²) >= 11 is 0. The van der Waals surface area contributed by atoms with Crippen LogP contribution in [0.25, 0.3) is 11.1 Å². The minimum absolute atomic E-state index is 0.101. The van der Waals surface area contributed by atoms with E-state index in [4.69, 9.17) is 9.47 Å². The summed E-state index contributed by atoms with van der Waals surface area (Å²) in [4.78, 5) is 26.3. The Morgan fingerprint density at radius 1 is 0.939 bits per heavy atom. The van der Waals surface area contributed by atoms with Crippen LogP contribution in [-0.2, 0) is 9.53 Å². The second-order valence-corrected chi connectivity index (χ2v) is 8.18. The van der Waals surface area contributed by atoms with Gasteiger partial charge in [0.15, 0.2) is 0 Å². The van der Waals surface area contributed by atoms with Crippen molar-refractivity contribution in [2.75, 3.05) is 13.7 Å². The molecular weight excluding hydrogens is 418 g/mol. The molecule has 2 atom stereocenters. The van der Waals surface area contributed by atoms with Crippen LogP contribution in [0.2, 0.25) is 0 Å². The number of hydrogen-bond acceptors (Lipinski definition) is 4. The molecule has 2 unspecified atom stereocenters. The number of rotatable bonds is 7. The summed E-state index contributed by atoms with van der Waals surface area (Å²) in [6.07, 6.45) is -0.665. The fourth-order valence-corrected chi connectivity index (χ4v) is 4.50. The third-order valence-electron chi connectivity index (χ3n) is 6.31. The highest BCUT2D eigenvalue weighted by molar-refractivity contribution is 5.81. The number of carbonyl (C=O) groups excluding carboxylic acids is 1. The number of carboxylic acids is 1. The number of hydrogen-bond donors (Lipinski definition) is 1. The van der Waals surface area contributed by atoms with E-state index in [9.17, 15) is 14.7 Å². The fraction of sp³-hybridized carbons (Fsp3) is 0.259. The van der Waals surface area contributed by atoms with E-state index in [1.807, 2.05) is 48.5 Å². The Labute approximate surface area is 193 Å². The lowest BCUT2D eigenvalue weighted by molar-refractivity contribution is -0.142. The summed E-state index contributed by atoms with van der Waals surface area (Å²) in [5, 5.41) is 9.66. The molecule has 0 bridgehead atoms. The molecule has 170 valence electrons. The second kappa shape index (κ2) is 9.36. The molecule has 0 fully saturated rings. The zero-order chi connectivity index (χ0) is 23.5. The van der Waals surface area contributed by atoms with E-state index >= 15 is 0 Å². The molecule has 6 heteroatoms. The Kier molecular flexibility index (Phi) is 6.36. The largest absolute Gasteiger partial charge is 0.497 e. The molecule has 0 heterocycles. The van der Waals surface area contributed by atoms with Gasteiger partial charge in [0.05, 0.1) is 13.2 Å². The molecule has 0 radical (unpaired) electrons. The van der Waals surface area contributed by atoms with Crippen molar-refractivity contribution in [3.63, 3.8) is 0 Å². The maximum Gasteiger partial charge on any atom is 0.411 e. The first-order chi connectivity index (χ1) is 15.9. The molecule has 0 spiro atoms. The molecule has 6 nitrogen and oxygen atoms in total. The summed E-state index contributed by atoms with van der Waals surface area (Å²) in [6.45, 7) is 3.40. The summed E-state index contributed by atoms with van der Waals surface area (Å²) in [5.74, 6) is -0.566. The van der Waals surface area contributed by atoms with E-state index in [0.29, 0.717) is 5.75 Å². The topological polar surface area (TPSA) is 76.1 Å². The fourth-order valence-electron chi connectivity index (χ4n) is 4.50. The smallest absolute Gasteiger partial charge is 0.411 e. The third kappa shape index (κ3) is 4.29. The standard InChI is InChI=1S/C27H27NO5/c1-17(19-9-8-10-20(15-19)32-3)28(18(2)26(29)30)27(31)33-16-25-23-13-6-4-11-21(23)22-12-5-7-14-24(22)25/h4-15,17-18,25H,16H2,1-3H3,(H,29,30). The molecule has 0 saturated carbocycles. The third-order valence-corrected chi connectivity index (χ3v) is 6.31. The van der Waals surface area contributed by atoms with E-state index in [-0.39, 0.29) is 12.5 Å². The van der Waals surface area contributed by atoms with Gasteiger partial charge in [-0.25, -0.2) is 9.59 Å². The van der Waals surface area contributed by atoms with Crippen LogP contribution in [0.15, 0.2) is 72.8 Å². The van der Waals surface area contributed by atoms with E-state index in [1.165, 1.54) is 11.8 Å². The van der Waals surface area contributed by atoms with Crippen molar-refractivity contribution in [2.24, 2.45) is 0 Å². The number of carbonyl (C=O) groups is 2.